The lowest BCUT2D eigenvalue weighted by Crippen LogP contribution is -2.36. The third kappa shape index (κ3) is 4.12. The minimum absolute atomic E-state index is 0.0537. The summed E-state index contributed by atoms with van der Waals surface area (Å²) < 4.78 is 0. The van der Waals surface area contributed by atoms with Crippen molar-refractivity contribution in [3.05, 3.63) is 28.0 Å². The van der Waals surface area contributed by atoms with E-state index in [1.807, 2.05) is 18.0 Å². The van der Waals surface area contributed by atoms with Gasteiger partial charge in [-0.3, -0.25) is 9.69 Å². The van der Waals surface area contributed by atoms with E-state index in [2.05, 4.69) is 10.3 Å². The van der Waals surface area contributed by atoms with Gasteiger partial charge >= 0.3 is 0 Å². The molecule has 2 rings (SSSR count). The Morgan fingerprint density at radius 2 is 2.22 bits per heavy atom. The van der Waals surface area contributed by atoms with Crippen molar-refractivity contribution in [2.45, 2.75) is 25.4 Å². The van der Waals surface area contributed by atoms with Gasteiger partial charge in [0.05, 0.1) is 6.54 Å². The summed E-state index contributed by atoms with van der Waals surface area (Å²) >= 11 is 11.7. The van der Waals surface area contributed by atoms with Crippen LogP contribution >= 0.6 is 23.2 Å². The summed E-state index contributed by atoms with van der Waals surface area (Å²) in [4.78, 5) is 17.5. The zero-order chi connectivity index (χ0) is 13.1. The topological polar surface area (TPSA) is 45.2 Å². The monoisotopic (exact) mass is 287 g/mol. The number of aromatic nitrogens is 1. The maximum absolute atomic E-state index is 11.6. The molecule has 0 spiro atoms. The number of carbonyl (C=O) groups is 1. The van der Waals surface area contributed by atoms with Gasteiger partial charge in [0, 0.05) is 18.2 Å². The molecule has 1 aromatic rings. The average molecular weight is 288 g/mol. The molecule has 1 heterocycles. The molecule has 0 unspecified atom stereocenters. The number of carbonyl (C=O) groups excluding carboxylic acids is 1. The Balaban J connectivity index is 1.85. The van der Waals surface area contributed by atoms with Gasteiger partial charge in [0.1, 0.15) is 10.3 Å². The highest BCUT2D eigenvalue weighted by Crippen LogP contribution is 2.19. The van der Waals surface area contributed by atoms with Crippen molar-refractivity contribution in [3.63, 3.8) is 0 Å². The van der Waals surface area contributed by atoms with E-state index in [4.69, 9.17) is 23.2 Å². The first-order valence-corrected chi connectivity index (χ1v) is 6.59. The van der Waals surface area contributed by atoms with Crippen LogP contribution in [0.4, 0.5) is 0 Å². The molecule has 0 radical (unpaired) electrons. The van der Waals surface area contributed by atoms with Crippen LogP contribution in [-0.4, -0.2) is 35.4 Å². The Labute approximate surface area is 116 Å². The molecule has 1 amide bonds. The Kier molecular flexibility index (Phi) is 4.43. The van der Waals surface area contributed by atoms with Gasteiger partial charge in [-0.15, -0.1) is 0 Å². The highest BCUT2D eigenvalue weighted by Gasteiger charge is 2.23. The number of amides is 1. The average Bonchev–Trinajstić information content (AvgIpc) is 3.05. The lowest BCUT2D eigenvalue weighted by Gasteiger charge is -2.16. The molecule has 0 atom stereocenters. The molecule has 0 bridgehead atoms. The zero-order valence-corrected chi connectivity index (χ0v) is 11.6. The Hall–Kier alpha value is -0.840. The molecule has 1 fully saturated rings. The van der Waals surface area contributed by atoms with Crippen molar-refractivity contribution in [2.24, 2.45) is 0 Å². The summed E-state index contributed by atoms with van der Waals surface area (Å²) in [6.07, 6.45) is 2.20. The number of pyridine rings is 1. The normalized spacial score (nSPS) is 14.9. The summed E-state index contributed by atoms with van der Waals surface area (Å²) in [6.45, 7) is 0.927. The van der Waals surface area contributed by atoms with Crippen LogP contribution in [0.2, 0.25) is 10.3 Å². The third-order valence-electron chi connectivity index (χ3n) is 2.69. The van der Waals surface area contributed by atoms with Crippen LogP contribution in [0.25, 0.3) is 0 Å². The highest BCUT2D eigenvalue weighted by molar-refractivity contribution is 6.32. The van der Waals surface area contributed by atoms with Crippen LogP contribution in [0.5, 0.6) is 0 Å². The van der Waals surface area contributed by atoms with Crippen LogP contribution in [0.1, 0.15) is 18.4 Å². The molecule has 0 saturated heterocycles. The van der Waals surface area contributed by atoms with E-state index in [0.717, 1.165) is 18.4 Å². The Morgan fingerprint density at radius 3 is 2.83 bits per heavy atom. The smallest absolute Gasteiger partial charge is 0.234 e. The molecular formula is C12H15Cl2N3O. The Bertz CT molecular complexity index is 449. The molecule has 18 heavy (non-hydrogen) atoms. The quantitative estimate of drug-likeness (QED) is 0.844. The number of hydrogen-bond acceptors (Lipinski definition) is 3. The zero-order valence-electron chi connectivity index (χ0n) is 10.1. The predicted octanol–water partition coefficient (Wildman–Crippen LogP) is 2.10. The third-order valence-corrected chi connectivity index (χ3v) is 3.23. The van der Waals surface area contributed by atoms with E-state index in [9.17, 15) is 4.79 Å². The van der Waals surface area contributed by atoms with Gasteiger partial charge in [0.15, 0.2) is 0 Å². The molecule has 1 saturated carbocycles. The molecule has 1 aliphatic rings. The number of rotatable bonds is 5. The molecule has 1 aliphatic carbocycles. The van der Waals surface area contributed by atoms with Gasteiger partial charge in [-0.25, -0.2) is 4.98 Å². The van der Waals surface area contributed by atoms with Gasteiger partial charge in [-0.05, 0) is 26.0 Å². The Morgan fingerprint density at radius 1 is 1.50 bits per heavy atom. The van der Waals surface area contributed by atoms with Crippen molar-refractivity contribution >= 4 is 29.1 Å². The second-order valence-electron chi connectivity index (χ2n) is 4.60. The van der Waals surface area contributed by atoms with Gasteiger partial charge in [0.25, 0.3) is 0 Å². The summed E-state index contributed by atoms with van der Waals surface area (Å²) in [5, 5.41) is 3.70. The summed E-state index contributed by atoms with van der Waals surface area (Å²) in [7, 11) is 1.87. The summed E-state index contributed by atoms with van der Waals surface area (Å²) in [5.41, 5.74) is 0.864. The van der Waals surface area contributed by atoms with E-state index in [-0.39, 0.29) is 5.91 Å². The van der Waals surface area contributed by atoms with Crippen molar-refractivity contribution < 1.29 is 4.79 Å². The van der Waals surface area contributed by atoms with Crippen molar-refractivity contribution in [1.82, 2.24) is 15.2 Å². The van der Waals surface area contributed by atoms with E-state index in [0.29, 0.717) is 29.4 Å². The van der Waals surface area contributed by atoms with Crippen molar-refractivity contribution in [1.29, 1.82) is 0 Å². The second kappa shape index (κ2) is 5.87. The molecule has 1 N–H and O–H groups in total. The fraction of sp³-hybridized carbons (Fsp3) is 0.500. The van der Waals surface area contributed by atoms with Crippen LogP contribution in [0.3, 0.4) is 0 Å². The lowest BCUT2D eigenvalue weighted by atomic mass is 10.2. The number of nitrogens with one attached hydrogen (secondary N) is 1. The van der Waals surface area contributed by atoms with Crippen LogP contribution < -0.4 is 5.32 Å². The predicted molar refractivity (Wildman–Crippen MR) is 71.8 cm³/mol. The summed E-state index contributed by atoms with van der Waals surface area (Å²) in [5.74, 6) is 0.0537. The number of likely N-dealkylation sites (N-methyl/N-ethyl adjacent to an activating group) is 1. The van der Waals surface area contributed by atoms with Crippen molar-refractivity contribution in [3.8, 4) is 0 Å². The van der Waals surface area contributed by atoms with Crippen molar-refractivity contribution in [2.75, 3.05) is 13.6 Å². The SMILES string of the molecule is CN(CC(=O)NC1CC1)Cc1ccc(Cl)nc1Cl. The molecule has 1 aromatic heterocycles. The van der Waals surface area contributed by atoms with Gasteiger partial charge in [-0.2, -0.15) is 0 Å². The van der Waals surface area contributed by atoms with E-state index in [1.54, 1.807) is 6.07 Å². The standard InChI is InChI=1S/C12H15Cl2N3O/c1-17(7-11(18)15-9-3-4-9)6-8-2-5-10(13)16-12(8)14/h2,5,9H,3-4,6-7H2,1H3,(H,15,18). The molecule has 0 aromatic carbocycles. The number of halogens is 2. The highest BCUT2D eigenvalue weighted by atomic mass is 35.5. The first-order chi connectivity index (χ1) is 8.54. The fourth-order valence-electron chi connectivity index (χ4n) is 1.65. The fourth-order valence-corrected chi connectivity index (χ4v) is 2.06. The molecule has 98 valence electrons. The van der Waals surface area contributed by atoms with Gasteiger partial charge in [0.2, 0.25) is 5.91 Å². The molecule has 6 heteroatoms. The number of hydrogen-bond donors (Lipinski definition) is 1. The van der Waals surface area contributed by atoms with Crippen LogP contribution in [-0.2, 0) is 11.3 Å². The maximum Gasteiger partial charge on any atom is 0.234 e. The lowest BCUT2D eigenvalue weighted by molar-refractivity contribution is -0.122. The van der Waals surface area contributed by atoms with Gasteiger partial charge in [-0.1, -0.05) is 29.3 Å². The van der Waals surface area contributed by atoms with E-state index in [1.165, 1.54) is 0 Å². The summed E-state index contributed by atoms with van der Waals surface area (Å²) in [6, 6.07) is 3.92. The molecular weight excluding hydrogens is 273 g/mol. The van der Waals surface area contributed by atoms with Crippen LogP contribution in [0, 0.1) is 0 Å². The first kappa shape index (κ1) is 13.6. The van der Waals surface area contributed by atoms with E-state index < -0.39 is 0 Å². The molecule has 0 aliphatic heterocycles. The first-order valence-electron chi connectivity index (χ1n) is 5.83. The number of nitrogens with zero attached hydrogens (tertiary/aromatic N) is 2. The maximum atomic E-state index is 11.6. The minimum atomic E-state index is 0.0537. The largest absolute Gasteiger partial charge is 0.352 e. The van der Waals surface area contributed by atoms with Gasteiger partial charge < -0.3 is 5.32 Å². The molecule has 4 nitrogen and oxygen atoms in total. The van der Waals surface area contributed by atoms with Crippen LogP contribution in [0.15, 0.2) is 12.1 Å². The minimum Gasteiger partial charge on any atom is -0.352 e. The van der Waals surface area contributed by atoms with E-state index >= 15 is 0 Å². The second-order valence-corrected chi connectivity index (χ2v) is 5.34.